The highest BCUT2D eigenvalue weighted by Crippen LogP contribution is 2.12. The van der Waals surface area contributed by atoms with Crippen molar-refractivity contribution in [2.45, 2.75) is 32.7 Å². The van der Waals surface area contributed by atoms with E-state index in [0.717, 1.165) is 6.42 Å². The minimum atomic E-state index is -0.991. The number of aryl methyl sites for hydroxylation is 1. The molecule has 4 heteroatoms. The number of ether oxygens (including phenoxy) is 2. The highest BCUT2D eigenvalue weighted by Gasteiger charge is 2.23. The quantitative estimate of drug-likeness (QED) is 0.627. The number of hydrogen-bond donors (Lipinski definition) is 1. The molecule has 94 valence electrons. The molecule has 0 saturated heterocycles. The van der Waals surface area contributed by atoms with E-state index < -0.39 is 11.5 Å². The molecule has 0 spiro atoms. The van der Waals surface area contributed by atoms with Crippen molar-refractivity contribution in [1.82, 2.24) is 0 Å². The van der Waals surface area contributed by atoms with Gasteiger partial charge in [0.15, 0.2) is 0 Å². The van der Waals surface area contributed by atoms with Crippen LogP contribution in [0.15, 0.2) is 24.3 Å². The zero-order valence-corrected chi connectivity index (χ0v) is 10.5. The van der Waals surface area contributed by atoms with Crippen molar-refractivity contribution in [2.24, 2.45) is 5.73 Å². The number of carbonyl (C=O) groups excluding carboxylic acids is 1. The first-order chi connectivity index (χ1) is 7.93. The fourth-order valence-electron chi connectivity index (χ4n) is 1.16. The zero-order chi connectivity index (χ0) is 12.9. The Bertz CT molecular complexity index is 365. The summed E-state index contributed by atoms with van der Waals surface area (Å²) in [7, 11) is 0. The van der Waals surface area contributed by atoms with Gasteiger partial charge in [-0.1, -0.05) is 19.1 Å². The third-order valence-electron chi connectivity index (χ3n) is 2.27. The Morgan fingerprint density at radius 2 is 1.88 bits per heavy atom. The van der Waals surface area contributed by atoms with Crippen LogP contribution in [-0.4, -0.2) is 18.3 Å². The van der Waals surface area contributed by atoms with E-state index in [9.17, 15) is 4.79 Å². The summed E-state index contributed by atoms with van der Waals surface area (Å²) in [6.45, 7) is 5.14. The Balaban J connectivity index is 2.38. The Morgan fingerprint density at radius 1 is 1.29 bits per heavy atom. The van der Waals surface area contributed by atoms with Gasteiger partial charge in [0, 0.05) is 0 Å². The maximum atomic E-state index is 11.3. The lowest BCUT2D eigenvalue weighted by Gasteiger charge is -2.16. The molecule has 2 N–H and O–H groups in total. The van der Waals surface area contributed by atoms with Crippen molar-refractivity contribution in [3.63, 3.8) is 0 Å². The largest absolute Gasteiger partial charge is 0.457 e. The monoisotopic (exact) mass is 237 g/mol. The summed E-state index contributed by atoms with van der Waals surface area (Å²) in [6, 6.07) is 7.65. The molecule has 0 aliphatic heterocycles. The van der Waals surface area contributed by atoms with E-state index in [4.69, 9.17) is 15.2 Å². The highest BCUT2D eigenvalue weighted by molar-refractivity contribution is 5.79. The average Bonchev–Trinajstić information content (AvgIpc) is 2.28. The van der Waals surface area contributed by atoms with E-state index in [-0.39, 0.29) is 6.79 Å². The van der Waals surface area contributed by atoms with Crippen molar-refractivity contribution < 1.29 is 14.3 Å². The van der Waals surface area contributed by atoms with Crippen LogP contribution in [0.3, 0.4) is 0 Å². The maximum absolute atomic E-state index is 11.3. The second-order valence-corrected chi connectivity index (χ2v) is 4.41. The maximum Gasteiger partial charge on any atom is 0.328 e. The predicted octanol–water partition coefficient (Wildman–Crippen LogP) is 1.87. The molecule has 1 aromatic rings. The van der Waals surface area contributed by atoms with Crippen LogP contribution >= 0.6 is 0 Å². The van der Waals surface area contributed by atoms with Gasteiger partial charge < -0.3 is 15.2 Å². The molecule has 0 atom stereocenters. The SMILES string of the molecule is CCc1ccc(OCOC(=O)C(C)(C)N)cc1. The normalized spacial score (nSPS) is 11.1. The van der Waals surface area contributed by atoms with Crippen LogP contribution in [0.2, 0.25) is 0 Å². The molecule has 0 amide bonds. The van der Waals surface area contributed by atoms with Gasteiger partial charge in [-0.15, -0.1) is 0 Å². The fourth-order valence-corrected chi connectivity index (χ4v) is 1.16. The summed E-state index contributed by atoms with van der Waals surface area (Å²) in [5.74, 6) is 0.188. The fraction of sp³-hybridized carbons (Fsp3) is 0.462. The van der Waals surface area contributed by atoms with Gasteiger partial charge >= 0.3 is 5.97 Å². The molecular weight excluding hydrogens is 218 g/mol. The molecule has 0 saturated carbocycles. The van der Waals surface area contributed by atoms with Crippen molar-refractivity contribution >= 4 is 5.97 Å². The summed E-state index contributed by atoms with van der Waals surface area (Å²) < 4.78 is 10.2. The van der Waals surface area contributed by atoms with Crippen molar-refractivity contribution in [1.29, 1.82) is 0 Å². The molecule has 17 heavy (non-hydrogen) atoms. The summed E-state index contributed by atoms with van der Waals surface area (Å²) in [4.78, 5) is 11.3. The van der Waals surface area contributed by atoms with E-state index in [0.29, 0.717) is 5.75 Å². The minimum Gasteiger partial charge on any atom is -0.457 e. The van der Waals surface area contributed by atoms with Gasteiger partial charge in [-0.3, -0.25) is 0 Å². The van der Waals surface area contributed by atoms with Gasteiger partial charge in [0.25, 0.3) is 0 Å². The van der Waals surface area contributed by atoms with Crippen LogP contribution in [0.4, 0.5) is 0 Å². The number of benzene rings is 1. The molecule has 0 fully saturated rings. The van der Waals surface area contributed by atoms with Crippen LogP contribution in [0.1, 0.15) is 26.3 Å². The number of esters is 1. The zero-order valence-electron chi connectivity index (χ0n) is 10.5. The first kappa shape index (κ1) is 13.5. The van der Waals surface area contributed by atoms with Crippen LogP contribution in [-0.2, 0) is 16.0 Å². The molecule has 0 aromatic heterocycles. The predicted molar refractivity (Wildman–Crippen MR) is 65.7 cm³/mol. The molecule has 0 heterocycles. The molecule has 4 nitrogen and oxygen atoms in total. The third kappa shape index (κ3) is 4.44. The summed E-state index contributed by atoms with van der Waals surface area (Å²) >= 11 is 0. The lowest BCUT2D eigenvalue weighted by molar-refractivity contribution is -0.155. The van der Waals surface area contributed by atoms with E-state index >= 15 is 0 Å². The van der Waals surface area contributed by atoms with Crippen LogP contribution in [0.25, 0.3) is 0 Å². The average molecular weight is 237 g/mol. The van der Waals surface area contributed by atoms with Gasteiger partial charge in [0.05, 0.1) is 0 Å². The van der Waals surface area contributed by atoms with Gasteiger partial charge in [0.1, 0.15) is 11.3 Å². The van der Waals surface area contributed by atoms with E-state index in [1.54, 1.807) is 13.8 Å². The summed E-state index contributed by atoms with van der Waals surface area (Å²) in [5.41, 5.74) is 5.81. The van der Waals surface area contributed by atoms with E-state index in [1.807, 2.05) is 24.3 Å². The molecule has 0 aliphatic carbocycles. The lowest BCUT2D eigenvalue weighted by atomic mass is 10.1. The first-order valence-electron chi connectivity index (χ1n) is 5.61. The first-order valence-corrected chi connectivity index (χ1v) is 5.61. The van der Waals surface area contributed by atoms with Crippen LogP contribution < -0.4 is 10.5 Å². The number of rotatable bonds is 5. The molecule has 0 unspecified atom stereocenters. The Morgan fingerprint density at radius 3 is 2.35 bits per heavy atom. The highest BCUT2D eigenvalue weighted by atomic mass is 16.7. The molecular formula is C13H19NO3. The number of hydrogen-bond acceptors (Lipinski definition) is 4. The van der Waals surface area contributed by atoms with Gasteiger partial charge in [-0.2, -0.15) is 0 Å². The smallest absolute Gasteiger partial charge is 0.328 e. The van der Waals surface area contributed by atoms with Crippen molar-refractivity contribution in [3.05, 3.63) is 29.8 Å². The second-order valence-electron chi connectivity index (χ2n) is 4.41. The topological polar surface area (TPSA) is 61.5 Å². The van der Waals surface area contributed by atoms with Gasteiger partial charge in [-0.25, -0.2) is 4.79 Å². The third-order valence-corrected chi connectivity index (χ3v) is 2.27. The molecule has 0 aliphatic rings. The number of carbonyl (C=O) groups is 1. The van der Waals surface area contributed by atoms with Gasteiger partial charge in [-0.05, 0) is 38.0 Å². The Kier molecular flexibility index (Phi) is 4.52. The molecule has 1 aromatic carbocycles. The molecule has 0 radical (unpaired) electrons. The Labute approximate surface area is 102 Å². The van der Waals surface area contributed by atoms with Gasteiger partial charge in [0.2, 0.25) is 6.79 Å². The van der Waals surface area contributed by atoms with Crippen molar-refractivity contribution in [3.8, 4) is 5.75 Å². The number of nitrogens with two attached hydrogens (primary N) is 1. The lowest BCUT2D eigenvalue weighted by Crippen LogP contribution is -2.43. The molecule has 0 bridgehead atoms. The van der Waals surface area contributed by atoms with Crippen LogP contribution in [0, 0.1) is 0 Å². The standard InChI is InChI=1S/C13H19NO3/c1-4-10-5-7-11(8-6-10)16-9-17-12(15)13(2,3)14/h5-8H,4,9,14H2,1-3H3. The van der Waals surface area contributed by atoms with E-state index in [1.165, 1.54) is 5.56 Å². The second kappa shape index (κ2) is 5.68. The van der Waals surface area contributed by atoms with E-state index in [2.05, 4.69) is 6.92 Å². The Hall–Kier alpha value is -1.55. The summed E-state index contributed by atoms with van der Waals surface area (Å²) in [6.07, 6.45) is 0.983. The van der Waals surface area contributed by atoms with Crippen LogP contribution in [0.5, 0.6) is 5.75 Å². The molecule has 1 rings (SSSR count). The summed E-state index contributed by atoms with van der Waals surface area (Å²) in [5, 5.41) is 0. The van der Waals surface area contributed by atoms with Crippen molar-refractivity contribution in [2.75, 3.05) is 6.79 Å². The minimum absolute atomic E-state index is 0.120.